The Morgan fingerprint density at radius 1 is 0.947 bits per heavy atom. The van der Waals surface area contributed by atoms with Crippen molar-refractivity contribution in [3.63, 3.8) is 0 Å². The highest BCUT2D eigenvalue weighted by Crippen LogP contribution is 2.30. The van der Waals surface area contributed by atoms with E-state index in [0.717, 1.165) is 5.52 Å². The van der Waals surface area contributed by atoms with Crippen molar-refractivity contribution in [1.29, 1.82) is 0 Å². The number of benzene rings is 1. The molecule has 0 aliphatic carbocycles. The number of hydrogen-bond donors (Lipinski definition) is 0. The van der Waals surface area contributed by atoms with E-state index < -0.39 is 8.07 Å². The Labute approximate surface area is 119 Å². The van der Waals surface area contributed by atoms with Crippen molar-refractivity contribution in [2.24, 2.45) is 0 Å². The quantitative estimate of drug-likeness (QED) is 0.631. The van der Waals surface area contributed by atoms with Crippen LogP contribution >= 0.6 is 11.3 Å². The van der Waals surface area contributed by atoms with Gasteiger partial charge < -0.3 is 0 Å². The number of thiophene rings is 1. The molecule has 0 saturated carbocycles. The molecule has 19 heavy (non-hydrogen) atoms. The molecule has 0 aliphatic heterocycles. The smallest absolute Gasteiger partial charge is 0.0904 e. The van der Waals surface area contributed by atoms with Crippen LogP contribution in [0.2, 0.25) is 19.6 Å². The first kappa shape index (κ1) is 12.6. The molecule has 0 bridgehead atoms. The zero-order chi connectivity index (χ0) is 13.5. The predicted molar refractivity (Wildman–Crippen MR) is 88.0 cm³/mol. The van der Waals surface area contributed by atoms with Crippen LogP contribution in [0.3, 0.4) is 0 Å². The molecule has 3 rings (SSSR count). The van der Waals surface area contributed by atoms with E-state index in [9.17, 15) is 0 Å². The van der Waals surface area contributed by atoms with Gasteiger partial charge in [0.15, 0.2) is 0 Å². The third-order valence-corrected chi connectivity index (χ3v) is 7.96. The summed E-state index contributed by atoms with van der Waals surface area (Å²) in [5, 5.41) is 1.21. The lowest BCUT2D eigenvalue weighted by molar-refractivity contribution is 1.41. The number of aromatic nitrogens is 1. The molecule has 0 unspecified atom stereocenters. The van der Waals surface area contributed by atoms with Crippen LogP contribution in [0.15, 0.2) is 48.7 Å². The minimum atomic E-state index is -1.21. The third kappa shape index (κ3) is 2.36. The Kier molecular flexibility index (Phi) is 3.03. The molecule has 0 aliphatic rings. The first-order valence-electron chi connectivity index (χ1n) is 6.50. The minimum absolute atomic E-state index is 1.11. The summed E-state index contributed by atoms with van der Waals surface area (Å²) in [4.78, 5) is 5.88. The van der Waals surface area contributed by atoms with Gasteiger partial charge in [0.1, 0.15) is 0 Å². The summed E-state index contributed by atoms with van der Waals surface area (Å²) in [7, 11) is -1.21. The second-order valence-corrected chi connectivity index (χ2v) is 12.3. The van der Waals surface area contributed by atoms with Crippen molar-refractivity contribution >= 4 is 34.8 Å². The van der Waals surface area contributed by atoms with E-state index in [1.165, 1.54) is 15.8 Å². The third-order valence-electron chi connectivity index (χ3n) is 3.24. The van der Waals surface area contributed by atoms with E-state index in [1.807, 2.05) is 23.6 Å². The largest absolute Gasteiger partial charge is 0.256 e. The molecular weight excluding hydrogens is 266 g/mol. The molecule has 2 heterocycles. The highest BCUT2D eigenvalue weighted by Gasteiger charge is 2.19. The first-order chi connectivity index (χ1) is 9.05. The average Bonchev–Trinajstić information content (AvgIpc) is 2.87. The number of rotatable bonds is 2. The normalized spacial score (nSPS) is 11.9. The lowest BCUT2D eigenvalue weighted by atomic mass is 10.1. The second kappa shape index (κ2) is 4.58. The van der Waals surface area contributed by atoms with E-state index >= 15 is 0 Å². The molecule has 3 heteroatoms. The second-order valence-electron chi connectivity index (χ2n) is 5.79. The maximum Gasteiger partial charge on any atom is 0.0904 e. The van der Waals surface area contributed by atoms with Gasteiger partial charge in [0.05, 0.1) is 13.6 Å². The highest BCUT2D eigenvalue weighted by molar-refractivity contribution is 7.28. The van der Waals surface area contributed by atoms with Crippen LogP contribution < -0.4 is 4.50 Å². The molecular formula is C16H17NSSi. The van der Waals surface area contributed by atoms with Gasteiger partial charge in [-0.15, -0.1) is 11.3 Å². The van der Waals surface area contributed by atoms with Crippen LogP contribution in [-0.2, 0) is 0 Å². The SMILES string of the molecule is C[Si](C)(C)c1ccc(-c2cccc3cccnc23)s1. The zero-order valence-corrected chi connectivity index (χ0v) is 13.3. The van der Waals surface area contributed by atoms with Gasteiger partial charge in [0, 0.05) is 22.0 Å². The van der Waals surface area contributed by atoms with Gasteiger partial charge in [-0.2, -0.15) is 0 Å². The zero-order valence-electron chi connectivity index (χ0n) is 11.5. The summed E-state index contributed by atoms with van der Waals surface area (Å²) >= 11 is 1.93. The van der Waals surface area contributed by atoms with E-state index in [0.29, 0.717) is 0 Å². The van der Waals surface area contributed by atoms with Gasteiger partial charge in [0.2, 0.25) is 0 Å². The summed E-state index contributed by atoms with van der Waals surface area (Å²) in [5.74, 6) is 0. The van der Waals surface area contributed by atoms with Crippen molar-refractivity contribution in [3.05, 3.63) is 48.7 Å². The van der Waals surface area contributed by atoms with Crippen molar-refractivity contribution in [2.75, 3.05) is 0 Å². The van der Waals surface area contributed by atoms with Crippen molar-refractivity contribution in [1.82, 2.24) is 4.98 Å². The number of para-hydroxylation sites is 1. The van der Waals surface area contributed by atoms with Gasteiger partial charge >= 0.3 is 0 Å². The summed E-state index contributed by atoms with van der Waals surface area (Å²) < 4.78 is 1.55. The Morgan fingerprint density at radius 2 is 1.74 bits per heavy atom. The fraction of sp³-hybridized carbons (Fsp3) is 0.188. The Balaban J connectivity index is 2.17. The molecule has 1 nitrogen and oxygen atoms in total. The van der Waals surface area contributed by atoms with Crippen LogP contribution in [-0.4, -0.2) is 13.1 Å². The number of pyridine rings is 1. The Hall–Kier alpha value is -1.45. The topological polar surface area (TPSA) is 12.9 Å². The molecule has 0 fully saturated rings. The summed E-state index contributed by atoms with van der Waals surface area (Å²) in [6.45, 7) is 7.18. The van der Waals surface area contributed by atoms with Crippen LogP contribution in [0.5, 0.6) is 0 Å². The van der Waals surface area contributed by atoms with Crippen molar-refractivity contribution in [3.8, 4) is 10.4 Å². The lowest BCUT2D eigenvalue weighted by Crippen LogP contribution is -2.34. The molecule has 0 amide bonds. The van der Waals surface area contributed by atoms with Crippen LogP contribution in [0, 0.1) is 0 Å². The maximum atomic E-state index is 4.55. The summed E-state index contributed by atoms with van der Waals surface area (Å²) in [6.07, 6.45) is 1.87. The molecule has 0 saturated heterocycles. The monoisotopic (exact) mass is 283 g/mol. The first-order valence-corrected chi connectivity index (χ1v) is 10.8. The maximum absolute atomic E-state index is 4.55. The number of hydrogen-bond acceptors (Lipinski definition) is 2. The lowest BCUT2D eigenvalue weighted by Gasteiger charge is -2.12. The minimum Gasteiger partial charge on any atom is -0.256 e. The average molecular weight is 283 g/mol. The van der Waals surface area contributed by atoms with Gasteiger partial charge in [0.25, 0.3) is 0 Å². The molecule has 2 aromatic heterocycles. The molecule has 0 atom stereocenters. The Morgan fingerprint density at radius 3 is 2.47 bits per heavy atom. The molecule has 1 aromatic carbocycles. The fourth-order valence-electron chi connectivity index (χ4n) is 2.19. The molecule has 3 aromatic rings. The fourth-order valence-corrected chi connectivity index (χ4v) is 5.11. The van der Waals surface area contributed by atoms with E-state index in [1.54, 1.807) is 4.50 Å². The van der Waals surface area contributed by atoms with E-state index in [-0.39, 0.29) is 0 Å². The predicted octanol–water partition coefficient (Wildman–Crippen LogP) is 4.51. The van der Waals surface area contributed by atoms with E-state index in [4.69, 9.17) is 0 Å². The summed E-state index contributed by atoms with van der Waals surface area (Å²) in [6, 6.07) is 15.1. The molecule has 0 N–H and O–H groups in total. The number of fused-ring (bicyclic) bond motifs is 1. The van der Waals surface area contributed by atoms with Gasteiger partial charge in [-0.25, -0.2) is 0 Å². The highest BCUT2D eigenvalue weighted by atomic mass is 32.1. The van der Waals surface area contributed by atoms with Gasteiger partial charge in [-0.1, -0.05) is 50.0 Å². The van der Waals surface area contributed by atoms with Crippen LogP contribution in [0.4, 0.5) is 0 Å². The standard InChI is InChI=1S/C16H17NSSi/c1-19(2,3)15-10-9-14(18-15)13-8-4-6-12-7-5-11-17-16(12)13/h4-11H,1-3H3. The Bertz CT molecular complexity index is 719. The molecule has 0 radical (unpaired) electrons. The summed E-state index contributed by atoms with van der Waals surface area (Å²) in [5.41, 5.74) is 2.36. The molecule has 96 valence electrons. The van der Waals surface area contributed by atoms with Gasteiger partial charge in [-0.05, 0) is 16.6 Å². The molecule has 0 spiro atoms. The van der Waals surface area contributed by atoms with Gasteiger partial charge in [-0.3, -0.25) is 4.98 Å². The van der Waals surface area contributed by atoms with Crippen molar-refractivity contribution in [2.45, 2.75) is 19.6 Å². The number of nitrogens with zero attached hydrogens (tertiary/aromatic N) is 1. The van der Waals surface area contributed by atoms with Crippen LogP contribution in [0.1, 0.15) is 0 Å². The van der Waals surface area contributed by atoms with E-state index in [2.05, 4.69) is 61.0 Å². The van der Waals surface area contributed by atoms with Crippen molar-refractivity contribution < 1.29 is 0 Å². The van der Waals surface area contributed by atoms with Crippen LogP contribution in [0.25, 0.3) is 21.3 Å².